The maximum absolute atomic E-state index is 11.8. The molecule has 5 nitrogen and oxygen atoms in total. The second-order valence-corrected chi connectivity index (χ2v) is 4.97. The molecule has 0 spiro atoms. The van der Waals surface area contributed by atoms with Gasteiger partial charge in [-0.3, -0.25) is 4.79 Å². The third-order valence-corrected chi connectivity index (χ3v) is 3.30. The molecule has 0 saturated heterocycles. The van der Waals surface area contributed by atoms with Crippen LogP contribution in [0.1, 0.15) is 17.3 Å². The molecule has 0 fully saturated rings. The van der Waals surface area contributed by atoms with Gasteiger partial charge < -0.3 is 14.3 Å². The van der Waals surface area contributed by atoms with Crippen LogP contribution in [-0.2, 0) is 0 Å². The Kier molecular flexibility index (Phi) is 3.80. The molecular weight excluding hydrogens is 268 g/mol. The molecule has 0 bridgehead atoms. The molecule has 0 radical (unpaired) electrons. The zero-order valence-corrected chi connectivity index (χ0v) is 11.2. The monoisotopic (exact) mass is 280 g/mol. The summed E-state index contributed by atoms with van der Waals surface area (Å²) in [4.78, 5) is 23.5. The van der Waals surface area contributed by atoms with Crippen molar-refractivity contribution in [1.82, 2.24) is 0 Å². The number of fused-ring (bicyclic) bond motifs is 1. The number of hydrogen-bond acceptors (Lipinski definition) is 6. The van der Waals surface area contributed by atoms with Crippen molar-refractivity contribution >= 4 is 27.8 Å². The van der Waals surface area contributed by atoms with Gasteiger partial charge in [0.25, 0.3) is 0 Å². The number of rotatable bonds is 3. The minimum atomic E-state index is -0.706. The van der Waals surface area contributed by atoms with Crippen LogP contribution in [0.2, 0.25) is 0 Å². The first-order valence-electron chi connectivity index (χ1n) is 5.58. The summed E-state index contributed by atoms with van der Waals surface area (Å²) in [5.41, 5.74) is -0.503. The molecule has 2 rings (SSSR count). The summed E-state index contributed by atoms with van der Waals surface area (Å²) in [6.07, 6.45) is 0. The molecule has 0 aliphatic rings. The van der Waals surface area contributed by atoms with Crippen molar-refractivity contribution in [2.45, 2.75) is 6.92 Å². The third kappa shape index (κ3) is 2.58. The van der Waals surface area contributed by atoms with Crippen LogP contribution in [0.5, 0.6) is 11.5 Å². The van der Waals surface area contributed by atoms with Crippen LogP contribution in [0.25, 0.3) is 11.0 Å². The smallest absolute Gasteiger partial charge is 0.348 e. The maximum Gasteiger partial charge on any atom is 0.348 e. The molecule has 0 aliphatic carbocycles. The maximum atomic E-state index is 11.8. The van der Waals surface area contributed by atoms with E-state index in [0.717, 1.165) is 11.8 Å². The fraction of sp³-hybridized carbons (Fsp3) is 0.231. The first-order chi connectivity index (χ1) is 9.06. The molecule has 0 saturated carbocycles. The SMILES string of the molecule is CCSC(=O)c1cc2cc(OC)c(O)cc2oc1=O. The predicted molar refractivity (Wildman–Crippen MR) is 73.2 cm³/mol. The summed E-state index contributed by atoms with van der Waals surface area (Å²) in [7, 11) is 1.42. The lowest BCUT2D eigenvalue weighted by molar-refractivity contribution is 0.108. The van der Waals surface area contributed by atoms with Gasteiger partial charge >= 0.3 is 5.63 Å². The van der Waals surface area contributed by atoms with E-state index in [2.05, 4.69) is 0 Å². The van der Waals surface area contributed by atoms with Gasteiger partial charge in [-0.1, -0.05) is 18.7 Å². The lowest BCUT2D eigenvalue weighted by atomic mass is 10.2. The fourth-order valence-electron chi connectivity index (χ4n) is 1.65. The van der Waals surface area contributed by atoms with Crippen molar-refractivity contribution in [1.29, 1.82) is 0 Å². The molecule has 6 heteroatoms. The first-order valence-corrected chi connectivity index (χ1v) is 6.57. The van der Waals surface area contributed by atoms with Crippen LogP contribution < -0.4 is 10.4 Å². The zero-order chi connectivity index (χ0) is 14.0. The van der Waals surface area contributed by atoms with Crippen molar-refractivity contribution in [3.05, 3.63) is 34.2 Å². The highest BCUT2D eigenvalue weighted by atomic mass is 32.2. The Bertz CT molecular complexity index is 689. The number of aromatic hydroxyl groups is 1. The van der Waals surface area contributed by atoms with Gasteiger partial charge in [0, 0.05) is 11.5 Å². The fourth-order valence-corrected chi connectivity index (χ4v) is 2.21. The van der Waals surface area contributed by atoms with Crippen LogP contribution in [0.15, 0.2) is 27.4 Å². The van der Waals surface area contributed by atoms with Gasteiger partial charge in [0.15, 0.2) is 11.5 Å². The van der Waals surface area contributed by atoms with E-state index >= 15 is 0 Å². The number of hydrogen-bond donors (Lipinski definition) is 1. The predicted octanol–water partition coefficient (Wildman–Crippen LogP) is 2.40. The number of methoxy groups -OCH3 is 1. The standard InChI is InChI=1S/C13H12O5S/c1-3-19-13(16)8-4-7-5-11(17-2)9(14)6-10(7)18-12(8)15/h4-6,14H,3H2,1-2H3. The average molecular weight is 280 g/mol. The molecule has 1 aromatic heterocycles. The average Bonchev–Trinajstić information content (AvgIpc) is 2.37. The Hall–Kier alpha value is -1.95. The van der Waals surface area contributed by atoms with Gasteiger partial charge in [0.05, 0.1) is 7.11 Å². The van der Waals surface area contributed by atoms with E-state index in [1.54, 1.807) is 0 Å². The quantitative estimate of drug-likeness (QED) is 0.870. The molecule has 1 N–H and O–H groups in total. The summed E-state index contributed by atoms with van der Waals surface area (Å²) in [6.45, 7) is 1.83. The van der Waals surface area contributed by atoms with Crippen LogP contribution in [0, 0.1) is 0 Å². The summed E-state index contributed by atoms with van der Waals surface area (Å²) >= 11 is 1.04. The highest BCUT2D eigenvalue weighted by Gasteiger charge is 2.15. The molecule has 100 valence electrons. The number of carbonyl (C=O) groups is 1. The topological polar surface area (TPSA) is 76.7 Å². The van der Waals surface area contributed by atoms with E-state index in [0.29, 0.717) is 11.1 Å². The Morgan fingerprint density at radius 1 is 1.42 bits per heavy atom. The van der Waals surface area contributed by atoms with Gasteiger partial charge in [-0.2, -0.15) is 0 Å². The Morgan fingerprint density at radius 3 is 2.79 bits per heavy atom. The van der Waals surface area contributed by atoms with Gasteiger partial charge in [-0.25, -0.2) is 4.79 Å². The molecule has 0 atom stereocenters. The second-order valence-electron chi connectivity index (χ2n) is 3.73. The summed E-state index contributed by atoms with van der Waals surface area (Å²) in [5, 5.41) is 9.80. The molecule has 1 aromatic carbocycles. The van der Waals surface area contributed by atoms with E-state index in [1.807, 2.05) is 6.92 Å². The largest absolute Gasteiger partial charge is 0.504 e. The van der Waals surface area contributed by atoms with Crippen LogP contribution in [0.4, 0.5) is 0 Å². The minimum absolute atomic E-state index is 0.00732. The van der Waals surface area contributed by atoms with Crippen LogP contribution in [0.3, 0.4) is 0 Å². The molecular formula is C13H12O5S. The van der Waals surface area contributed by atoms with Crippen LogP contribution in [-0.4, -0.2) is 23.1 Å². The number of ether oxygens (including phenoxy) is 1. The molecule has 0 aliphatic heterocycles. The lowest BCUT2D eigenvalue weighted by Gasteiger charge is -2.05. The number of phenols is 1. The summed E-state index contributed by atoms with van der Waals surface area (Å²) in [5.74, 6) is 0.706. The normalized spacial score (nSPS) is 10.6. The summed E-state index contributed by atoms with van der Waals surface area (Å²) < 4.78 is 10.0. The number of thioether (sulfide) groups is 1. The Morgan fingerprint density at radius 2 is 2.16 bits per heavy atom. The van der Waals surface area contributed by atoms with Gasteiger partial charge in [-0.15, -0.1) is 0 Å². The molecule has 2 aromatic rings. The number of carbonyl (C=O) groups excluding carboxylic acids is 1. The molecule has 0 unspecified atom stereocenters. The molecule has 0 amide bonds. The van der Waals surface area contributed by atoms with E-state index in [9.17, 15) is 14.7 Å². The highest BCUT2D eigenvalue weighted by Crippen LogP contribution is 2.31. The first kappa shape index (κ1) is 13.5. The Balaban J connectivity index is 2.63. The zero-order valence-electron chi connectivity index (χ0n) is 10.4. The minimum Gasteiger partial charge on any atom is -0.504 e. The van der Waals surface area contributed by atoms with Gasteiger partial charge in [0.2, 0.25) is 5.12 Å². The number of phenolic OH excluding ortho intramolecular Hbond substituents is 1. The molecule has 19 heavy (non-hydrogen) atoms. The van der Waals surface area contributed by atoms with Crippen molar-refractivity contribution in [2.75, 3.05) is 12.9 Å². The molecule has 1 heterocycles. The lowest BCUT2D eigenvalue weighted by Crippen LogP contribution is -2.11. The van der Waals surface area contributed by atoms with Crippen molar-refractivity contribution < 1.29 is 19.1 Å². The van der Waals surface area contributed by atoms with Crippen molar-refractivity contribution in [3.8, 4) is 11.5 Å². The second kappa shape index (κ2) is 5.36. The van der Waals surface area contributed by atoms with E-state index in [1.165, 1.54) is 25.3 Å². The number of benzene rings is 1. The van der Waals surface area contributed by atoms with Crippen LogP contribution >= 0.6 is 11.8 Å². The van der Waals surface area contributed by atoms with Gasteiger partial charge in [0.1, 0.15) is 11.1 Å². The van der Waals surface area contributed by atoms with E-state index in [-0.39, 0.29) is 27.8 Å². The van der Waals surface area contributed by atoms with Gasteiger partial charge in [-0.05, 0) is 17.9 Å². The van der Waals surface area contributed by atoms with Crippen molar-refractivity contribution in [3.63, 3.8) is 0 Å². The highest BCUT2D eigenvalue weighted by molar-refractivity contribution is 8.14. The van der Waals surface area contributed by atoms with Crippen molar-refractivity contribution in [2.24, 2.45) is 0 Å². The van der Waals surface area contributed by atoms with E-state index in [4.69, 9.17) is 9.15 Å². The summed E-state index contributed by atoms with van der Waals surface area (Å²) in [6, 6.07) is 4.26. The Labute approximate surface area is 113 Å². The third-order valence-electron chi connectivity index (χ3n) is 2.53. The van der Waals surface area contributed by atoms with E-state index < -0.39 is 5.63 Å².